The molecular formula is C10H12N4O3. The van der Waals surface area contributed by atoms with Crippen LogP contribution in [0.3, 0.4) is 0 Å². The van der Waals surface area contributed by atoms with Crippen molar-refractivity contribution < 1.29 is 14.6 Å². The van der Waals surface area contributed by atoms with Crippen molar-refractivity contribution in [3.63, 3.8) is 0 Å². The average Bonchev–Trinajstić information content (AvgIpc) is 2.35. The highest BCUT2D eigenvalue weighted by molar-refractivity contribution is 5.97. The summed E-state index contributed by atoms with van der Waals surface area (Å²) in [4.78, 5) is 14.2. The number of azide groups is 1. The van der Waals surface area contributed by atoms with E-state index in [4.69, 9.17) is 10.3 Å². The molecule has 1 rings (SSSR count). The number of hydrogen-bond acceptors (Lipinski definition) is 4. The lowest BCUT2D eigenvalue weighted by atomic mass is 10.2. The molecule has 0 unspecified atom stereocenters. The van der Waals surface area contributed by atoms with Gasteiger partial charge in [0.25, 0.3) is 5.91 Å². The molecule has 1 aromatic rings. The van der Waals surface area contributed by atoms with Gasteiger partial charge >= 0.3 is 0 Å². The van der Waals surface area contributed by atoms with Crippen LogP contribution in [0, 0.1) is 0 Å². The fourth-order valence-corrected chi connectivity index (χ4v) is 1.18. The van der Waals surface area contributed by atoms with Crippen molar-refractivity contribution in [2.24, 2.45) is 5.11 Å². The highest BCUT2D eigenvalue weighted by Crippen LogP contribution is 2.22. The van der Waals surface area contributed by atoms with Crippen LogP contribution in [-0.2, 0) is 0 Å². The maximum atomic E-state index is 11.6. The van der Waals surface area contributed by atoms with Gasteiger partial charge in [-0.15, -0.1) is 0 Å². The largest absolute Gasteiger partial charge is 0.507 e. The number of benzene rings is 1. The van der Waals surface area contributed by atoms with Gasteiger partial charge < -0.3 is 15.2 Å². The number of phenols is 1. The summed E-state index contributed by atoms with van der Waals surface area (Å²) in [6.07, 6.45) is 0. The van der Waals surface area contributed by atoms with E-state index in [-0.39, 0.29) is 24.4 Å². The molecule has 0 spiro atoms. The Hall–Kier alpha value is -2.40. The van der Waals surface area contributed by atoms with Crippen molar-refractivity contribution >= 4 is 5.91 Å². The number of methoxy groups -OCH3 is 1. The van der Waals surface area contributed by atoms with Gasteiger partial charge in [-0.1, -0.05) is 5.11 Å². The Kier molecular flexibility index (Phi) is 4.65. The minimum atomic E-state index is -0.450. The van der Waals surface area contributed by atoms with Crippen molar-refractivity contribution in [3.8, 4) is 11.5 Å². The predicted molar refractivity (Wildman–Crippen MR) is 61.0 cm³/mol. The topological polar surface area (TPSA) is 107 Å². The van der Waals surface area contributed by atoms with E-state index in [0.717, 1.165) is 0 Å². The Morgan fingerprint density at radius 1 is 1.65 bits per heavy atom. The standard InChI is InChI=1S/C10H12N4O3/c1-17-7-2-3-9(15)8(6-7)10(16)12-4-5-13-14-11/h2-3,6,15H,4-5H2,1H3,(H,12,16). The molecule has 7 heteroatoms. The molecule has 0 saturated heterocycles. The first kappa shape index (κ1) is 12.7. The first-order valence-electron chi connectivity index (χ1n) is 4.85. The third-order valence-electron chi connectivity index (χ3n) is 2.01. The molecule has 2 N–H and O–H groups in total. The van der Waals surface area contributed by atoms with E-state index < -0.39 is 5.91 Å². The minimum Gasteiger partial charge on any atom is -0.507 e. The zero-order valence-corrected chi connectivity index (χ0v) is 9.25. The Labute approximate surface area is 97.6 Å². The number of carbonyl (C=O) groups is 1. The highest BCUT2D eigenvalue weighted by Gasteiger charge is 2.11. The number of hydrogen-bond donors (Lipinski definition) is 2. The monoisotopic (exact) mass is 236 g/mol. The SMILES string of the molecule is COc1ccc(O)c(C(=O)NCCN=[N+]=[N-])c1. The average molecular weight is 236 g/mol. The molecule has 90 valence electrons. The van der Waals surface area contributed by atoms with E-state index in [1.807, 2.05) is 0 Å². The van der Waals surface area contributed by atoms with Gasteiger partial charge in [0, 0.05) is 18.0 Å². The summed E-state index contributed by atoms with van der Waals surface area (Å²) in [6.45, 7) is 0.368. The van der Waals surface area contributed by atoms with Crippen molar-refractivity contribution in [2.75, 3.05) is 20.2 Å². The third-order valence-corrected chi connectivity index (χ3v) is 2.01. The number of ether oxygens (including phenoxy) is 1. The second kappa shape index (κ2) is 6.24. The van der Waals surface area contributed by atoms with Gasteiger partial charge in [-0.25, -0.2) is 0 Å². The van der Waals surface area contributed by atoms with E-state index >= 15 is 0 Å². The van der Waals surface area contributed by atoms with Gasteiger partial charge in [0.1, 0.15) is 11.5 Å². The minimum absolute atomic E-state index is 0.116. The molecule has 0 saturated carbocycles. The molecule has 0 fully saturated rings. The summed E-state index contributed by atoms with van der Waals surface area (Å²) in [5.74, 6) is -0.107. The van der Waals surface area contributed by atoms with Crippen LogP contribution >= 0.6 is 0 Å². The van der Waals surface area contributed by atoms with Crippen LogP contribution in [0.15, 0.2) is 23.3 Å². The van der Waals surface area contributed by atoms with E-state index in [1.54, 1.807) is 6.07 Å². The summed E-state index contributed by atoms with van der Waals surface area (Å²) in [7, 11) is 1.47. The Morgan fingerprint density at radius 2 is 2.41 bits per heavy atom. The fourth-order valence-electron chi connectivity index (χ4n) is 1.18. The molecule has 0 aliphatic rings. The maximum absolute atomic E-state index is 11.6. The van der Waals surface area contributed by atoms with Crippen molar-refractivity contribution in [1.82, 2.24) is 5.32 Å². The second-order valence-electron chi connectivity index (χ2n) is 3.09. The summed E-state index contributed by atoms with van der Waals surface area (Å²) < 4.78 is 4.95. The van der Waals surface area contributed by atoms with Gasteiger partial charge in [-0.2, -0.15) is 0 Å². The molecule has 0 heterocycles. The van der Waals surface area contributed by atoms with Crippen molar-refractivity contribution in [2.45, 2.75) is 0 Å². The Bertz CT molecular complexity index is 455. The lowest BCUT2D eigenvalue weighted by molar-refractivity contribution is 0.0952. The van der Waals surface area contributed by atoms with Crippen LogP contribution in [0.2, 0.25) is 0 Å². The van der Waals surface area contributed by atoms with E-state index in [9.17, 15) is 9.90 Å². The first-order chi connectivity index (χ1) is 8.19. The van der Waals surface area contributed by atoms with Crippen LogP contribution in [0.1, 0.15) is 10.4 Å². The first-order valence-corrected chi connectivity index (χ1v) is 4.85. The van der Waals surface area contributed by atoms with Crippen LogP contribution in [0.4, 0.5) is 0 Å². The van der Waals surface area contributed by atoms with Gasteiger partial charge in [0.15, 0.2) is 0 Å². The number of nitrogens with one attached hydrogen (secondary N) is 1. The lowest BCUT2D eigenvalue weighted by Gasteiger charge is -2.07. The molecule has 0 radical (unpaired) electrons. The van der Waals surface area contributed by atoms with Crippen LogP contribution in [0.5, 0.6) is 11.5 Å². The zero-order chi connectivity index (χ0) is 12.7. The molecule has 0 aliphatic carbocycles. The summed E-state index contributed by atoms with van der Waals surface area (Å²) in [5.41, 5.74) is 8.17. The van der Waals surface area contributed by atoms with E-state index in [2.05, 4.69) is 15.3 Å². The normalized spacial score (nSPS) is 9.24. The number of rotatable bonds is 5. The summed E-state index contributed by atoms with van der Waals surface area (Å²) >= 11 is 0. The molecule has 0 bridgehead atoms. The molecule has 0 atom stereocenters. The van der Waals surface area contributed by atoms with Gasteiger partial charge in [0.2, 0.25) is 0 Å². The molecule has 7 nitrogen and oxygen atoms in total. The van der Waals surface area contributed by atoms with E-state index in [1.165, 1.54) is 19.2 Å². The number of aromatic hydroxyl groups is 1. The third kappa shape index (κ3) is 3.58. The van der Waals surface area contributed by atoms with Crippen LogP contribution in [-0.4, -0.2) is 31.2 Å². The number of nitrogens with zero attached hydrogens (tertiary/aromatic N) is 3. The molecule has 1 amide bonds. The highest BCUT2D eigenvalue weighted by atomic mass is 16.5. The van der Waals surface area contributed by atoms with Crippen molar-refractivity contribution in [3.05, 3.63) is 34.2 Å². The second-order valence-corrected chi connectivity index (χ2v) is 3.09. The number of amides is 1. The van der Waals surface area contributed by atoms with Crippen LogP contribution < -0.4 is 10.1 Å². The fraction of sp³-hybridized carbons (Fsp3) is 0.300. The molecule has 0 aromatic heterocycles. The predicted octanol–water partition coefficient (Wildman–Crippen LogP) is 1.44. The zero-order valence-electron chi connectivity index (χ0n) is 9.25. The Balaban J connectivity index is 2.70. The quantitative estimate of drug-likeness (QED) is 0.349. The smallest absolute Gasteiger partial charge is 0.255 e. The maximum Gasteiger partial charge on any atom is 0.255 e. The van der Waals surface area contributed by atoms with Gasteiger partial charge in [-0.05, 0) is 23.7 Å². The number of carbonyl (C=O) groups excluding carboxylic acids is 1. The van der Waals surface area contributed by atoms with Crippen molar-refractivity contribution in [1.29, 1.82) is 0 Å². The Morgan fingerprint density at radius 3 is 3.06 bits per heavy atom. The van der Waals surface area contributed by atoms with E-state index in [0.29, 0.717) is 5.75 Å². The molecule has 1 aromatic carbocycles. The molecule has 17 heavy (non-hydrogen) atoms. The molecular weight excluding hydrogens is 224 g/mol. The van der Waals surface area contributed by atoms with Crippen LogP contribution in [0.25, 0.3) is 10.4 Å². The lowest BCUT2D eigenvalue weighted by Crippen LogP contribution is -2.25. The molecule has 0 aliphatic heterocycles. The van der Waals surface area contributed by atoms with Gasteiger partial charge in [-0.3, -0.25) is 4.79 Å². The summed E-state index contributed by atoms with van der Waals surface area (Å²) in [5, 5.41) is 15.3. The summed E-state index contributed by atoms with van der Waals surface area (Å²) in [6, 6.07) is 4.35. The van der Waals surface area contributed by atoms with Gasteiger partial charge in [0.05, 0.1) is 12.7 Å². The number of phenolic OH excluding ortho intramolecular Hbond substituents is 1.